The van der Waals surface area contributed by atoms with Crippen molar-refractivity contribution in [1.82, 2.24) is 19.9 Å². The van der Waals surface area contributed by atoms with Crippen molar-refractivity contribution in [3.63, 3.8) is 0 Å². The molecule has 0 bridgehead atoms. The lowest BCUT2D eigenvalue weighted by Crippen LogP contribution is -2.36. The molecule has 5 heteroatoms. The first-order valence-electron chi connectivity index (χ1n) is 8.22. The number of rotatable bonds is 4. The lowest BCUT2D eigenvalue weighted by Gasteiger charge is -2.24. The van der Waals surface area contributed by atoms with Gasteiger partial charge in [-0.2, -0.15) is 0 Å². The summed E-state index contributed by atoms with van der Waals surface area (Å²) in [6.45, 7) is 2.87. The molecule has 0 unspecified atom stereocenters. The van der Waals surface area contributed by atoms with Gasteiger partial charge in [0.15, 0.2) is 0 Å². The summed E-state index contributed by atoms with van der Waals surface area (Å²) in [5.74, 6) is 0.948. The first-order chi connectivity index (χ1) is 11.4. The van der Waals surface area contributed by atoms with E-state index in [2.05, 4.69) is 44.5 Å². The van der Waals surface area contributed by atoms with Gasteiger partial charge in [-0.25, -0.2) is 4.98 Å². The van der Waals surface area contributed by atoms with Crippen molar-refractivity contribution in [2.45, 2.75) is 25.4 Å². The van der Waals surface area contributed by atoms with Crippen molar-refractivity contribution in [3.8, 4) is 0 Å². The van der Waals surface area contributed by atoms with E-state index in [-0.39, 0.29) is 0 Å². The third kappa shape index (κ3) is 3.05. The van der Waals surface area contributed by atoms with Gasteiger partial charge in [0.05, 0.1) is 23.3 Å². The van der Waals surface area contributed by atoms with Crippen LogP contribution in [0.5, 0.6) is 0 Å². The summed E-state index contributed by atoms with van der Waals surface area (Å²) >= 11 is 0. The van der Waals surface area contributed by atoms with Gasteiger partial charge in [-0.1, -0.05) is 18.2 Å². The molecule has 5 nitrogen and oxygen atoms in total. The number of para-hydroxylation sites is 2. The van der Waals surface area contributed by atoms with E-state index < -0.39 is 0 Å². The molecule has 0 saturated carbocycles. The van der Waals surface area contributed by atoms with Gasteiger partial charge < -0.3 is 15.2 Å². The number of anilines is 1. The van der Waals surface area contributed by atoms with E-state index in [0.29, 0.717) is 6.04 Å². The minimum atomic E-state index is 0.482. The van der Waals surface area contributed by atoms with Crippen molar-refractivity contribution < 1.29 is 0 Å². The Labute approximate surface area is 135 Å². The molecule has 0 spiro atoms. The number of piperidine rings is 1. The second-order valence-corrected chi connectivity index (χ2v) is 6.00. The molecule has 118 valence electrons. The molecule has 4 rings (SSSR count). The highest BCUT2D eigenvalue weighted by Crippen LogP contribution is 2.22. The average molecular weight is 307 g/mol. The molecule has 1 aliphatic heterocycles. The first-order valence-corrected chi connectivity index (χ1v) is 8.22. The second kappa shape index (κ2) is 6.38. The van der Waals surface area contributed by atoms with Gasteiger partial charge in [-0.15, -0.1) is 0 Å². The zero-order valence-corrected chi connectivity index (χ0v) is 13.1. The molecule has 3 heterocycles. The lowest BCUT2D eigenvalue weighted by atomic mass is 10.1. The fraction of sp³-hybridized carbons (Fsp3) is 0.333. The van der Waals surface area contributed by atoms with E-state index in [1.807, 2.05) is 24.4 Å². The molecule has 1 saturated heterocycles. The number of aromatic nitrogens is 3. The molecule has 0 radical (unpaired) electrons. The molecule has 1 fully saturated rings. The van der Waals surface area contributed by atoms with Crippen molar-refractivity contribution in [2.24, 2.45) is 0 Å². The van der Waals surface area contributed by atoms with Crippen molar-refractivity contribution in [1.29, 1.82) is 0 Å². The van der Waals surface area contributed by atoms with Crippen LogP contribution in [0.3, 0.4) is 0 Å². The van der Waals surface area contributed by atoms with Crippen LogP contribution in [0.2, 0.25) is 0 Å². The van der Waals surface area contributed by atoms with Gasteiger partial charge in [0.25, 0.3) is 0 Å². The van der Waals surface area contributed by atoms with Gasteiger partial charge in [0, 0.05) is 12.2 Å². The number of pyridine rings is 1. The number of hydrogen-bond acceptors (Lipinski definition) is 4. The molecule has 2 N–H and O–H groups in total. The van der Waals surface area contributed by atoms with E-state index in [1.54, 1.807) is 0 Å². The van der Waals surface area contributed by atoms with Crippen LogP contribution in [-0.2, 0) is 6.54 Å². The predicted molar refractivity (Wildman–Crippen MR) is 92.6 cm³/mol. The molecule has 2 aromatic heterocycles. The van der Waals surface area contributed by atoms with E-state index in [1.165, 1.54) is 0 Å². The van der Waals surface area contributed by atoms with Crippen LogP contribution in [0.25, 0.3) is 11.0 Å². The van der Waals surface area contributed by atoms with E-state index in [9.17, 15) is 0 Å². The highest BCUT2D eigenvalue weighted by atomic mass is 15.2. The normalized spacial score (nSPS) is 15.8. The SMILES string of the molecule is c1ccc(Cn2c(NC3CCNCC3)nc3ccccc32)nc1. The monoisotopic (exact) mass is 307 g/mol. The van der Waals surface area contributed by atoms with Crippen molar-refractivity contribution in [2.75, 3.05) is 18.4 Å². The highest BCUT2D eigenvalue weighted by Gasteiger charge is 2.17. The minimum Gasteiger partial charge on any atom is -0.353 e. The number of nitrogens with zero attached hydrogens (tertiary/aromatic N) is 3. The van der Waals surface area contributed by atoms with E-state index in [0.717, 1.165) is 55.2 Å². The summed E-state index contributed by atoms with van der Waals surface area (Å²) in [4.78, 5) is 9.27. The largest absolute Gasteiger partial charge is 0.353 e. The smallest absolute Gasteiger partial charge is 0.204 e. The second-order valence-electron chi connectivity index (χ2n) is 6.00. The van der Waals surface area contributed by atoms with Crippen LogP contribution in [0, 0.1) is 0 Å². The van der Waals surface area contributed by atoms with Crippen molar-refractivity contribution in [3.05, 3.63) is 54.4 Å². The van der Waals surface area contributed by atoms with Crippen LogP contribution in [-0.4, -0.2) is 33.7 Å². The van der Waals surface area contributed by atoms with Gasteiger partial charge in [-0.05, 0) is 50.2 Å². The predicted octanol–water partition coefficient (Wildman–Crippen LogP) is 2.64. The third-order valence-electron chi connectivity index (χ3n) is 4.37. The zero-order valence-electron chi connectivity index (χ0n) is 13.1. The summed E-state index contributed by atoms with van der Waals surface area (Å²) < 4.78 is 2.24. The number of nitrogens with one attached hydrogen (secondary N) is 2. The quantitative estimate of drug-likeness (QED) is 0.778. The maximum absolute atomic E-state index is 4.81. The Kier molecular flexibility index (Phi) is 3.94. The number of hydrogen-bond donors (Lipinski definition) is 2. The molecular weight excluding hydrogens is 286 g/mol. The topological polar surface area (TPSA) is 54.8 Å². The van der Waals surface area contributed by atoms with Gasteiger partial charge in [0.2, 0.25) is 5.95 Å². The van der Waals surface area contributed by atoms with E-state index in [4.69, 9.17) is 4.98 Å². The maximum atomic E-state index is 4.81. The average Bonchev–Trinajstić information content (AvgIpc) is 2.94. The van der Waals surface area contributed by atoms with Crippen LogP contribution >= 0.6 is 0 Å². The Bertz CT molecular complexity index is 774. The standard InChI is InChI=1S/C18H21N5/c1-2-7-17-16(6-1)22-18(21-14-8-11-19-12-9-14)23(17)13-15-5-3-4-10-20-15/h1-7,10,14,19H,8-9,11-13H2,(H,21,22). The molecule has 1 aromatic carbocycles. The molecule has 3 aromatic rings. The Morgan fingerprint density at radius 1 is 1.09 bits per heavy atom. The Hall–Kier alpha value is -2.40. The van der Waals surface area contributed by atoms with E-state index >= 15 is 0 Å². The zero-order chi connectivity index (χ0) is 15.5. The molecule has 23 heavy (non-hydrogen) atoms. The highest BCUT2D eigenvalue weighted by molar-refractivity contribution is 5.78. The maximum Gasteiger partial charge on any atom is 0.204 e. The summed E-state index contributed by atoms with van der Waals surface area (Å²) in [6, 6.07) is 14.8. The number of benzene rings is 1. The summed E-state index contributed by atoms with van der Waals surface area (Å²) in [7, 11) is 0. The Morgan fingerprint density at radius 2 is 1.91 bits per heavy atom. The van der Waals surface area contributed by atoms with Crippen LogP contribution < -0.4 is 10.6 Å². The first kappa shape index (κ1) is 14.2. The Morgan fingerprint density at radius 3 is 2.74 bits per heavy atom. The molecule has 1 aliphatic rings. The molecular formula is C18H21N5. The molecule has 0 amide bonds. The fourth-order valence-electron chi connectivity index (χ4n) is 3.15. The van der Waals surface area contributed by atoms with Crippen LogP contribution in [0.4, 0.5) is 5.95 Å². The summed E-state index contributed by atoms with van der Waals surface area (Å²) in [5.41, 5.74) is 3.22. The van der Waals surface area contributed by atoms with Gasteiger partial charge >= 0.3 is 0 Å². The van der Waals surface area contributed by atoms with Gasteiger partial charge in [0.1, 0.15) is 0 Å². The number of fused-ring (bicyclic) bond motifs is 1. The number of imidazole rings is 1. The molecule has 0 aliphatic carbocycles. The van der Waals surface area contributed by atoms with Crippen LogP contribution in [0.1, 0.15) is 18.5 Å². The third-order valence-corrected chi connectivity index (χ3v) is 4.37. The lowest BCUT2D eigenvalue weighted by molar-refractivity contribution is 0.476. The van der Waals surface area contributed by atoms with Crippen LogP contribution in [0.15, 0.2) is 48.7 Å². The molecule has 0 atom stereocenters. The summed E-state index contributed by atoms with van der Waals surface area (Å²) in [5, 5.41) is 7.05. The van der Waals surface area contributed by atoms with Gasteiger partial charge in [-0.3, -0.25) is 4.98 Å². The fourth-order valence-corrected chi connectivity index (χ4v) is 3.15. The Balaban J connectivity index is 1.69. The minimum absolute atomic E-state index is 0.482. The van der Waals surface area contributed by atoms with Crippen molar-refractivity contribution >= 4 is 17.0 Å². The summed E-state index contributed by atoms with van der Waals surface area (Å²) in [6.07, 6.45) is 4.11.